The highest BCUT2D eigenvalue weighted by molar-refractivity contribution is 6.33. The molecule has 0 saturated carbocycles. The summed E-state index contributed by atoms with van der Waals surface area (Å²) in [4.78, 5) is 0. The fourth-order valence-corrected chi connectivity index (χ4v) is 1.45. The van der Waals surface area contributed by atoms with Crippen molar-refractivity contribution in [1.29, 1.82) is 0 Å². The number of hydrogen-bond donors (Lipinski definition) is 2. The summed E-state index contributed by atoms with van der Waals surface area (Å²) in [6.45, 7) is 1.01. The number of nitrogens with one attached hydrogen (secondary N) is 1. The van der Waals surface area contributed by atoms with Gasteiger partial charge in [0.05, 0.1) is 10.7 Å². The summed E-state index contributed by atoms with van der Waals surface area (Å²) >= 11 is 5.89. The Labute approximate surface area is 84.1 Å². The van der Waals surface area contributed by atoms with Gasteiger partial charge in [0, 0.05) is 0 Å². The van der Waals surface area contributed by atoms with E-state index >= 15 is 0 Å². The Morgan fingerprint density at radius 3 is 2.92 bits per heavy atom. The summed E-state index contributed by atoms with van der Waals surface area (Å²) in [6, 6.07) is 5.78. The van der Waals surface area contributed by atoms with Crippen LogP contribution in [0.25, 0.3) is 0 Å². The van der Waals surface area contributed by atoms with Gasteiger partial charge in [-0.3, -0.25) is 0 Å². The van der Waals surface area contributed by atoms with Crippen LogP contribution in [-0.2, 0) is 6.42 Å². The molecule has 0 fully saturated rings. The molecule has 1 rings (SSSR count). The van der Waals surface area contributed by atoms with Crippen molar-refractivity contribution in [1.82, 2.24) is 5.32 Å². The third-order valence-electron chi connectivity index (χ3n) is 2.02. The van der Waals surface area contributed by atoms with Crippen LogP contribution < -0.4 is 11.1 Å². The highest BCUT2D eigenvalue weighted by atomic mass is 35.5. The zero-order valence-corrected chi connectivity index (χ0v) is 8.56. The molecule has 0 unspecified atom stereocenters. The van der Waals surface area contributed by atoms with Gasteiger partial charge in [0.25, 0.3) is 0 Å². The predicted octanol–water partition coefficient (Wildman–Crippen LogP) is 2.07. The molecule has 0 aliphatic heterocycles. The fraction of sp³-hybridized carbons (Fsp3) is 0.400. The van der Waals surface area contributed by atoms with E-state index in [1.54, 1.807) is 0 Å². The molecule has 13 heavy (non-hydrogen) atoms. The molecule has 1 aromatic carbocycles. The van der Waals surface area contributed by atoms with Gasteiger partial charge >= 0.3 is 0 Å². The molecule has 0 atom stereocenters. The SMILES string of the molecule is CNCCCc1cccc(Cl)c1N. The number of halogens is 1. The Kier molecular flexibility index (Phi) is 4.06. The first-order chi connectivity index (χ1) is 6.25. The van der Waals surface area contributed by atoms with Crippen molar-refractivity contribution >= 4 is 17.3 Å². The van der Waals surface area contributed by atoms with Crippen LogP contribution in [-0.4, -0.2) is 13.6 Å². The van der Waals surface area contributed by atoms with Crippen LogP contribution in [0.1, 0.15) is 12.0 Å². The van der Waals surface area contributed by atoms with Crippen molar-refractivity contribution in [3.05, 3.63) is 28.8 Å². The molecular weight excluding hydrogens is 184 g/mol. The van der Waals surface area contributed by atoms with E-state index in [2.05, 4.69) is 5.32 Å². The maximum atomic E-state index is 5.89. The van der Waals surface area contributed by atoms with E-state index in [0.29, 0.717) is 5.02 Å². The maximum absolute atomic E-state index is 5.89. The van der Waals surface area contributed by atoms with Crippen LogP contribution in [0.15, 0.2) is 18.2 Å². The molecule has 0 spiro atoms. The Bertz CT molecular complexity index is 274. The van der Waals surface area contributed by atoms with E-state index in [4.69, 9.17) is 17.3 Å². The highest BCUT2D eigenvalue weighted by Crippen LogP contribution is 2.23. The molecule has 3 N–H and O–H groups in total. The Morgan fingerprint density at radius 1 is 1.46 bits per heavy atom. The van der Waals surface area contributed by atoms with E-state index in [-0.39, 0.29) is 0 Å². The number of anilines is 1. The summed E-state index contributed by atoms with van der Waals surface area (Å²) in [6.07, 6.45) is 2.06. The van der Waals surface area contributed by atoms with Crippen molar-refractivity contribution < 1.29 is 0 Å². The number of aryl methyl sites for hydroxylation is 1. The molecule has 3 heteroatoms. The second kappa shape index (κ2) is 5.10. The van der Waals surface area contributed by atoms with Gasteiger partial charge in [-0.2, -0.15) is 0 Å². The number of benzene rings is 1. The smallest absolute Gasteiger partial charge is 0.0638 e. The van der Waals surface area contributed by atoms with Gasteiger partial charge in [-0.1, -0.05) is 23.7 Å². The standard InChI is InChI=1S/C10H15ClN2/c1-13-7-3-5-8-4-2-6-9(11)10(8)12/h2,4,6,13H,3,5,7,12H2,1H3. The van der Waals surface area contributed by atoms with Gasteiger partial charge in [-0.25, -0.2) is 0 Å². The van der Waals surface area contributed by atoms with Gasteiger partial charge in [0.1, 0.15) is 0 Å². The molecule has 0 saturated heterocycles. The third kappa shape index (κ3) is 2.90. The largest absolute Gasteiger partial charge is 0.397 e. The Morgan fingerprint density at radius 2 is 2.23 bits per heavy atom. The summed E-state index contributed by atoms with van der Waals surface area (Å²) in [5, 5.41) is 3.75. The summed E-state index contributed by atoms with van der Waals surface area (Å²) in [7, 11) is 1.95. The lowest BCUT2D eigenvalue weighted by Crippen LogP contribution is -2.09. The molecule has 0 aliphatic rings. The average Bonchev–Trinajstić information content (AvgIpc) is 2.13. The quantitative estimate of drug-likeness (QED) is 0.574. The first kappa shape index (κ1) is 10.4. The van der Waals surface area contributed by atoms with Crippen molar-refractivity contribution in [3.8, 4) is 0 Å². The van der Waals surface area contributed by atoms with Crippen molar-refractivity contribution in [3.63, 3.8) is 0 Å². The van der Waals surface area contributed by atoms with Gasteiger partial charge in [0.2, 0.25) is 0 Å². The fourth-order valence-electron chi connectivity index (χ4n) is 1.26. The number of para-hydroxylation sites is 1. The zero-order valence-electron chi connectivity index (χ0n) is 7.81. The van der Waals surface area contributed by atoms with Crippen LogP contribution in [0.4, 0.5) is 5.69 Å². The van der Waals surface area contributed by atoms with E-state index in [1.807, 2.05) is 25.2 Å². The molecule has 0 aromatic heterocycles. The van der Waals surface area contributed by atoms with Crippen molar-refractivity contribution in [2.24, 2.45) is 0 Å². The number of rotatable bonds is 4. The Hall–Kier alpha value is -0.730. The van der Waals surface area contributed by atoms with E-state index in [9.17, 15) is 0 Å². The minimum absolute atomic E-state index is 0.655. The maximum Gasteiger partial charge on any atom is 0.0638 e. The van der Waals surface area contributed by atoms with Crippen LogP contribution in [0.3, 0.4) is 0 Å². The molecule has 2 nitrogen and oxygen atoms in total. The summed E-state index contributed by atoms with van der Waals surface area (Å²) in [5.41, 5.74) is 7.68. The van der Waals surface area contributed by atoms with Gasteiger partial charge in [-0.15, -0.1) is 0 Å². The second-order valence-corrected chi connectivity index (χ2v) is 3.43. The van der Waals surface area contributed by atoms with Crippen molar-refractivity contribution in [2.45, 2.75) is 12.8 Å². The van der Waals surface area contributed by atoms with Crippen LogP contribution >= 0.6 is 11.6 Å². The van der Waals surface area contributed by atoms with E-state index in [1.165, 1.54) is 0 Å². The number of nitrogen functional groups attached to an aromatic ring is 1. The minimum atomic E-state index is 0.655. The van der Waals surface area contributed by atoms with Crippen LogP contribution in [0, 0.1) is 0 Å². The lowest BCUT2D eigenvalue weighted by molar-refractivity contribution is 0.725. The van der Waals surface area contributed by atoms with Gasteiger partial charge in [0.15, 0.2) is 0 Å². The highest BCUT2D eigenvalue weighted by Gasteiger charge is 2.01. The Balaban J connectivity index is 2.61. The minimum Gasteiger partial charge on any atom is -0.397 e. The molecule has 0 radical (unpaired) electrons. The molecule has 1 aromatic rings. The van der Waals surface area contributed by atoms with Gasteiger partial charge in [-0.05, 0) is 38.1 Å². The lowest BCUT2D eigenvalue weighted by Gasteiger charge is -2.06. The van der Waals surface area contributed by atoms with Crippen LogP contribution in [0.2, 0.25) is 5.02 Å². The summed E-state index contributed by atoms with van der Waals surface area (Å²) in [5.74, 6) is 0. The van der Waals surface area contributed by atoms with Crippen LogP contribution in [0.5, 0.6) is 0 Å². The number of hydrogen-bond acceptors (Lipinski definition) is 2. The molecular formula is C10H15ClN2. The van der Waals surface area contributed by atoms with Crippen molar-refractivity contribution in [2.75, 3.05) is 19.3 Å². The zero-order chi connectivity index (χ0) is 9.68. The average molecular weight is 199 g/mol. The monoisotopic (exact) mass is 198 g/mol. The van der Waals surface area contributed by atoms with Gasteiger partial charge < -0.3 is 11.1 Å². The summed E-state index contributed by atoms with van der Waals surface area (Å²) < 4.78 is 0. The first-order valence-electron chi connectivity index (χ1n) is 4.43. The van der Waals surface area contributed by atoms with E-state index < -0.39 is 0 Å². The predicted molar refractivity (Wildman–Crippen MR) is 58.1 cm³/mol. The topological polar surface area (TPSA) is 38.0 Å². The molecule has 0 heterocycles. The second-order valence-electron chi connectivity index (χ2n) is 3.02. The lowest BCUT2D eigenvalue weighted by atomic mass is 10.1. The molecule has 0 aliphatic carbocycles. The van der Waals surface area contributed by atoms with E-state index in [0.717, 1.165) is 30.6 Å². The first-order valence-corrected chi connectivity index (χ1v) is 4.81. The molecule has 72 valence electrons. The normalized spacial score (nSPS) is 10.3. The molecule has 0 amide bonds. The number of nitrogens with two attached hydrogens (primary N) is 1. The third-order valence-corrected chi connectivity index (χ3v) is 2.35. The molecule has 0 bridgehead atoms.